The number of likely N-dealkylation sites (tertiary alicyclic amines) is 1. The number of carboxylic acid groups (broad SMARTS) is 1. The van der Waals surface area contributed by atoms with Crippen molar-refractivity contribution in [2.45, 2.75) is 59.2 Å². The van der Waals surface area contributed by atoms with Crippen LogP contribution in [0.1, 0.15) is 52.6 Å². The average Bonchev–Trinajstić information content (AvgIpc) is 2.61. The SMILES string of the molecule is CCOC(=O)[C@H]1C(C(C)(C)C)N(C(=O)O)CC[C@@H]1N[C@H](C)c1ccccc1. The van der Waals surface area contributed by atoms with Gasteiger partial charge >= 0.3 is 12.1 Å². The number of carbonyl (C=O) groups excluding carboxylic acids is 1. The van der Waals surface area contributed by atoms with Gasteiger partial charge in [0.05, 0.1) is 18.6 Å². The van der Waals surface area contributed by atoms with E-state index in [0.29, 0.717) is 13.0 Å². The fourth-order valence-electron chi connectivity index (χ4n) is 4.11. The van der Waals surface area contributed by atoms with E-state index in [-0.39, 0.29) is 24.7 Å². The van der Waals surface area contributed by atoms with E-state index in [2.05, 4.69) is 12.2 Å². The van der Waals surface area contributed by atoms with E-state index in [1.54, 1.807) is 6.92 Å². The number of carbonyl (C=O) groups is 2. The van der Waals surface area contributed by atoms with Crippen LogP contribution in [0.15, 0.2) is 30.3 Å². The normalized spacial score (nSPS) is 24.3. The third-order valence-electron chi connectivity index (χ3n) is 5.25. The zero-order chi connectivity index (χ0) is 20.2. The molecule has 1 fully saturated rings. The molecule has 1 saturated heterocycles. The third-order valence-corrected chi connectivity index (χ3v) is 5.25. The first-order valence-corrected chi connectivity index (χ1v) is 9.64. The number of benzene rings is 1. The van der Waals surface area contributed by atoms with Crippen LogP contribution in [-0.2, 0) is 9.53 Å². The maximum atomic E-state index is 12.9. The number of hydrogen-bond acceptors (Lipinski definition) is 4. The molecule has 1 heterocycles. The Morgan fingerprint density at radius 1 is 1.30 bits per heavy atom. The van der Waals surface area contributed by atoms with Crippen molar-refractivity contribution in [1.82, 2.24) is 10.2 Å². The highest BCUT2D eigenvalue weighted by Crippen LogP contribution is 2.37. The number of nitrogens with one attached hydrogen (secondary N) is 1. The summed E-state index contributed by atoms with van der Waals surface area (Å²) in [5.74, 6) is -0.887. The van der Waals surface area contributed by atoms with Crippen LogP contribution in [0.5, 0.6) is 0 Å². The maximum Gasteiger partial charge on any atom is 0.407 e. The minimum atomic E-state index is -0.987. The number of nitrogens with zero attached hydrogens (tertiary/aromatic N) is 1. The number of amides is 1. The first-order chi connectivity index (χ1) is 12.7. The van der Waals surface area contributed by atoms with Crippen LogP contribution in [0.2, 0.25) is 0 Å². The van der Waals surface area contributed by atoms with Gasteiger partial charge in [0.25, 0.3) is 0 Å². The second-order valence-electron chi connectivity index (χ2n) is 8.26. The summed E-state index contributed by atoms with van der Waals surface area (Å²) in [7, 11) is 0. The second kappa shape index (κ2) is 8.74. The monoisotopic (exact) mass is 376 g/mol. The number of ether oxygens (including phenoxy) is 1. The highest BCUT2D eigenvalue weighted by molar-refractivity contribution is 5.76. The van der Waals surface area contributed by atoms with Crippen molar-refractivity contribution < 1.29 is 19.4 Å². The van der Waals surface area contributed by atoms with Crippen LogP contribution in [0.4, 0.5) is 4.79 Å². The fraction of sp³-hybridized carbons (Fsp3) is 0.619. The van der Waals surface area contributed by atoms with E-state index in [0.717, 1.165) is 5.56 Å². The average molecular weight is 376 g/mol. The van der Waals surface area contributed by atoms with Gasteiger partial charge in [-0.15, -0.1) is 0 Å². The quantitative estimate of drug-likeness (QED) is 0.767. The molecule has 6 nitrogen and oxygen atoms in total. The Bertz CT molecular complexity index is 641. The Balaban J connectivity index is 2.34. The van der Waals surface area contributed by atoms with Gasteiger partial charge in [0, 0.05) is 18.6 Å². The largest absolute Gasteiger partial charge is 0.466 e. The van der Waals surface area contributed by atoms with E-state index >= 15 is 0 Å². The summed E-state index contributed by atoms with van der Waals surface area (Å²) >= 11 is 0. The zero-order valence-corrected chi connectivity index (χ0v) is 16.9. The van der Waals surface area contributed by atoms with Gasteiger partial charge in [-0.3, -0.25) is 4.79 Å². The van der Waals surface area contributed by atoms with Crippen molar-refractivity contribution in [2.75, 3.05) is 13.2 Å². The van der Waals surface area contributed by atoms with Gasteiger partial charge in [0.2, 0.25) is 0 Å². The molecule has 150 valence electrons. The van der Waals surface area contributed by atoms with Gasteiger partial charge in [0.1, 0.15) is 0 Å². The summed E-state index contributed by atoms with van der Waals surface area (Å²) in [5.41, 5.74) is 0.736. The highest BCUT2D eigenvalue weighted by atomic mass is 16.5. The lowest BCUT2D eigenvalue weighted by molar-refractivity contribution is -0.156. The third kappa shape index (κ3) is 5.01. The smallest absolute Gasteiger partial charge is 0.407 e. The molecule has 4 atom stereocenters. The minimum absolute atomic E-state index is 0.0464. The molecule has 0 aromatic heterocycles. The summed E-state index contributed by atoms with van der Waals surface area (Å²) in [6, 6.07) is 9.48. The molecule has 1 aromatic carbocycles. The molecule has 0 spiro atoms. The van der Waals surface area contributed by atoms with Crippen LogP contribution in [0.3, 0.4) is 0 Å². The Morgan fingerprint density at radius 3 is 2.44 bits per heavy atom. The molecule has 1 amide bonds. The molecule has 2 N–H and O–H groups in total. The summed E-state index contributed by atoms with van der Waals surface area (Å²) in [6.45, 7) is 10.4. The fourth-order valence-corrected chi connectivity index (χ4v) is 4.11. The van der Waals surface area contributed by atoms with Crippen molar-refractivity contribution in [2.24, 2.45) is 11.3 Å². The van der Waals surface area contributed by atoms with Gasteiger partial charge in [-0.25, -0.2) is 4.79 Å². The molecular weight excluding hydrogens is 344 g/mol. The lowest BCUT2D eigenvalue weighted by Gasteiger charge is -2.49. The minimum Gasteiger partial charge on any atom is -0.466 e. The summed E-state index contributed by atoms with van der Waals surface area (Å²) in [5, 5.41) is 13.3. The number of rotatable bonds is 5. The lowest BCUT2D eigenvalue weighted by Crippen LogP contribution is -2.63. The summed E-state index contributed by atoms with van der Waals surface area (Å²) in [6.07, 6.45) is -0.418. The molecule has 0 radical (unpaired) electrons. The van der Waals surface area contributed by atoms with Crippen molar-refractivity contribution in [1.29, 1.82) is 0 Å². The Hall–Kier alpha value is -2.08. The molecule has 0 aliphatic carbocycles. The van der Waals surface area contributed by atoms with E-state index in [4.69, 9.17) is 4.74 Å². The van der Waals surface area contributed by atoms with Gasteiger partial charge in [-0.2, -0.15) is 0 Å². The summed E-state index contributed by atoms with van der Waals surface area (Å²) in [4.78, 5) is 26.1. The van der Waals surface area contributed by atoms with Crippen molar-refractivity contribution in [3.8, 4) is 0 Å². The molecule has 1 aliphatic rings. The van der Waals surface area contributed by atoms with E-state index in [1.165, 1.54) is 4.90 Å². The van der Waals surface area contributed by atoms with E-state index in [9.17, 15) is 14.7 Å². The molecule has 2 rings (SSSR count). The van der Waals surface area contributed by atoms with E-state index in [1.807, 2.05) is 51.1 Å². The van der Waals surface area contributed by atoms with Crippen LogP contribution in [0.25, 0.3) is 0 Å². The topological polar surface area (TPSA) is 78.9 Å². The molecule has 1 unspecified atom stereocenters. The van der Waals surface area contributed by atoms with Crippen LogP contribution >= 0.6 is 0 Å². The zero-order valence-electron chi connectivity index (χ0n) is 16.9. The van der Waals surface area contributed by atoms with Crippen LogP contribution in [0, 0.1) is 11.3 Å². The van der Waals surface area contributed by atoms with Gasteiger partial charge in [0.15, 0.2) is 0 Å². The molecule has 1 aromatic rings. The Labute approximate surface area is 161 Å². The summed E-state index contributed by atoms with van der Waals surface area (Å²) < 4.78 is 5.35. The molecule has 27 heavy (non-hydrogen) atoms. The molecule has 0 saturated carbocycles. The van der Waals surface area contributed by atoms with Crippen LogP contribution in [-0.4, -0.2) is 47.3 Å². The predicted octanol–water partition coefficient (Wildman–Crippen LogP) is 3.68. The van der Waals surface area contributed by atoms with Crippen molar-refractivity contribution in [3.63, 3.8) is 0 Å². The lowest BCUT2D eigenvalue weighted by atomic mass is 9.71. The second-order valence-corrected chi connectivity index (χ2v) is 8.26. The molecule has 0 bridgehead atoms. The molecule has 1 aliphatic heterocycles. The standard InChI is InChI=1S/C21H32N2O4/c1-6-27-19(24)17-16(22-14(2)15-10-8-7-9-11-15)12-13-23(20(25)26)18(17)21(3,4)5/h7-11,14,16-18,22H,6,12-13H2,1-5H3,(H,25,26)/t14-,16+,17-,18?/m1/s1. The molecule has 6 heteroatoms. The Morgan fingerprint density at radius 2 is 1.93 bits per heavy atom. The van der Waals surface area contributed by atoms with Gasteiger partial charge < -0.3 is 20.1 Å². The molecular formula is C21H32N2O4. The number of hydrogen-bond donors (Lipinski definition) is 2. The van der Waals surface area contributed by atoms with Crippen molar-refractivity contribution >= 4 is 12.1 Å². The number of esters is 1. The van der Waals surface area contributed by atoms with Gasteiger partial charge in [-0.1, -0.05) is 51.1 Å². The predicted molar refractivity (Wildman–Crippen MR) is 104 cm³/mol. The maximum absolute atomic E-state index is 12.9. The highest BCUT2D eigenvalue weighted by Gasteiger charge is 2.50. The first-order valence-electron chi connectivity index (χ1n) is 9.64. The van der Waals surface area contributed by atoms with Crippen LogP contribution < -0.4 is 5.32 Å². The van der Waals surface area contributed by atoms with Gasteiger partial charge in [-0.05, 0) is 31.2 Å². The Kier molecular flexibility index (Phi) is 6.87. The number of piperidine rings is 1. The van der Waals surface area contributed by atoms with Crippen molar-refractivity contribution in [3.05, 3.63) is 35.9 Å². The van der Waals surface area contributed by atoms with E-state index < -0.39 is 23.5 Å². The first kappa shape index (κ1) is 21.2.